The van der Waals surface area contributed by atoms with Gasteiger partial charge in [-0.05, 0) is 35.4 Å². The molecule has 0 aromatic heterocycles. The molecule has 2 aromatic rings. The van der Waals surface area contributed by atoms with Gasteiger partial charge < -0.3 is 10.1 Å². The number of ether oxygens (including phenoxy) is 1. The van der Waals surface area contributed by atoms with Gasteiger partial charge in [0.15, 0.2) is 4.84 Å². The van der Waals surface area contributed by atoms with Crippen molar-refractivity contribution < 1.29 is 13.9 Å². The number of carbonyl (C=O) groups excluding carboxylic acids is 1. The van der Waals surface area contributed by atoms with Crippen LogP contribution >= 0.6 is 23.2 Å². The summed E-state index contributed by atoms with van der Waals surface area (Å²) in [6.07, 6.45) is 0. The van der Waals surface area contributed by atoms with Gasteiger partial charge in [-0.2, -0.15) is 0 Å². The van der Waals surface area contributed by atoms with Gasteiger partial charge in [0.1, 0.15) is 11.6 Å². The largest absolute Gasteiger partial charge is 0.497 e. The average molecular weight is 328 g/mol. The van der Waals surface area contributed by atoms with Crippen molar-refractivity contribution in [3.05, 3.63) is 48.3 Å². The molecule has 21 heavy (non-hydrogen) atoms. The molecule has 110 valence electrons. The quantitative estimate of drug-likeness (QED) is 0.853. The Labute approximate surface area is 131 Å². The topological polar surface area (TPSA) is 38.3 Å². The van der Waals surface area contributed by atoms with Crippen LogP contribution in [0.4, 0.5) is 10.1 Å². The first-order chi connectivity index (χ1) is 9.99. The summed E-state index contributed by atoms with van der Waals surface area (Å²) >= 11 is 11.0. The molecule has 1 N–H and O–H groups in total. The number of hydrogen-bond donors (Lipinski definition) is 1. The molecule has 0 saturated heterocycles. The van der Waals surface area contributed by atoms with Crippen molar-refractivity contribution in [2.75, 3.05) is 12.4 Å². The number of hydrogen-bond acceptors (Lipinski definition) is 2. The van der Waals surface area contributed by atoms with Crippen molar-refractivity contribution in [1.29, 1.82) is 0 Å². The van der Waals surface area contributed by atoms with Crippen LogP contribution in [0.2, 0.25) is 0 Å². The molecule has 0 unspecified atom stereocenters. The number of alkyl halides is 2. The van der Waals surface area contributed by atoms with Crippen molar-refractivity contribution in [2.24, 2.45) is 0 Å². The second kappa shape index (κ2) is 6.78. The van der Waals surface area contributed by atoms with E-state index in [9.17, 15) is 9.18 Å². The molecular weight excluding hydrogens is 316 g/mol. The Bertz CT molecular complexity index is 662. The summed E-state index contributed by atoms with van der Waals surface area (Å²) in [4.78, 5) is 10.3. The van der Waals surface area contributed by atoms with E-state index in [0.29, 0.717) is 17.0 Å². The zero-order valence-corrected chi connectivity index (χ0v) is 12.6. The standard InChI is InChI=1S/C15H12Cl2FNO2/c1-21-13-7-10(5-11(18)8-13)9-3-2-4-12(6-9)19-15(20)14(16)17/h2-8,14H,1H3,(H,19,20). The lowest BCUT2D eigenvalue weighted by Gasteiger charge is -2.09. The minimum absolute atomic E-state index is 0.402. The average Bonchev–Trinajstić information content (AvgIpc) is 2.46. The molecule has 0 aliphatic heterocycles. The highest BCUT2D eigenvalue weighted by atomic mass is 35.5. The van der Waals surface area contributed by atoms with Crippen molar-refractivity contribution in [3.8, 4) is 16.9 Å². The Kier molecular flexibility index (Phi) is 5.04. The lowest BCUT2D eigenvalue weighted by atomic mass is 10.0. The van der Waals surface area contributed by atoms with E-state index in [1.807, 2.05) is 0 Å². The Morgan fingerprint density at radius 2 is 1.95 bits per heavy atom. The number of benzene rings is 2. The minimum Gasteiger partial charge on any atom is -0.497 e. The summed E-state index contributed by atoms with van der Waals surface area (Å²) < 4.78 is 18.6. The Hall–Kier alpha value is -1.78. The number of carbonyl (C=O) groups is 1. The van der Waals surface area contributed by atoms with Crippen molar-refractivity contribution in [1.82, 2.24) is 0 Å². The molecule has 3 nitrogen and oxygen atoms in total. The van der Waals surface area contributed by atoms with E-state index >= 15 is 0 Å². The van der Waals surface area contributed by atoms with Crippen LogP contribution < -0.4 is 10.1 Å². The summed E-state index contributed by atoms with van der Waals surface area (Å²) in [5, 5.41) is 2.57. The molecule has 0 aliphatic carbocycles. The van der Waals surface area contributed by atoms with Gasteiger partial charge in [0, 0.05) is 11.8 Å². The first-order valence-electron chi connectivity index (χ1n) is 6.03. The van der Waals surface area contributed by atoms with E-state index in [2.05, 4.69) is 5.32 Å². The fourth-order valence-corrected chi connectivity index (χ4v) is 1.93. The summed E-state index contributed by atoms with van der Waals surface area (Å²) in [5.74, 6) is -0.506. The third-order valence-electron chi connectivity index (χ3n) is 2.77. The van der Waals surface area contributed by atoms with Crippen molar-refractivity contribution >= 4 is 34.8 Å². The number of halogens is 3. The van der Waals surface area contributed by atoms with Crippen molar-refractivity contribution in [3.63, 3.8) is 0 Å². The molecule has 2 aromatic carbocycles. The molecule has 0 atom stereocenters. The maximum Gasteiger partial charge on any atom is 0.257 e. The van der Waals surface area contributed by atoms with Gasteiger partial charge in [0.05, 0.1) is 7.11 Å². The Morgan fingerprint density at radius 1 is 1.19 bits per heavy atom. The normalized spacial score (nSPS) is 10.5. The third kappa shape index (κ3) is 4.09. The van der Waals surface area contributed by atoms with Crippen LogP contribution in [0.5, 0.6) is 5.75 Å². The highest BCUT2D eigenvalue weighted by molar-refractivity contribution is 6.54. The number of amides is 1. The van der Waals surface area contributed by atoms with Gasteiger partial charge in [-0.15, -0.1) is 0 Å². The lowest BCUT2D eigenvalue weighted by Crippen LogP contribution is -2.18. The first-order valence-corrected chi connectivity index (χ1v) is 6.91. The van der Waals surface area contributed by atoms with E-state index in [4.69, 9.17) is 27.9 Å². The summed E-state index contributed by atoms with van der Waals surface area (Å²) in [6, 6.07) is 11.3. The highest BCUT2D eigenvalue weighted by Gasteiger charge is 2.12. The van der Waals surface area contributed by atoms with E-state index in [1.165, 1.54) is 19.2 Å². The third-order valence-corrected chi connectivity index (χ3v) is 3.17. The van der Waals surface area contributed by atoms with Gasteiger partial charge >= 0.3 is 0 Å². The highest BCUT2D eigenvalue weighted by Crippen LogP contribution is 2.27. The van der Waals surface area contributed by atoms with Crippen LogP contribution in [-0.4, -0.2) is 17.9 Å². The zero-order chi connectivity index (χ0) is 15.4. The molecule has 0 fully saturated rings. The molecule has 0 aliphatic rings. The molecule has 0 bridgehead atoms. The predicted octanol–water partition coefficient (Wildman–Crippen LogP) is 4.24. The fourth-order valence-electron chi connectivity index (χ4n) is 1.82. The van der Waals surface area contributed by atoms with Crippen LogP contribution in [0.25, 0.3) is 11.1 Å². The zero-order valence-electron chi connectivity index (χ0n) is 11.1. The maximum atomic E-state index is 13.5. The number of rotatable bonds is 4. The van der Waals surface area contributed by atoms with E-state index < -0.39 is 16.6 Å². The van der Waals surface area contributed by atoms with Gasteiger partial charge in [0.2, 0.25) is 0 Å². The van der Waals surface area contributed by atoms with E-state index in [-0.39, 0.29) is 0 Å². The number of anilines is 1. The molecule has 0 heterocycles. The first kappa shape index (κ1) is 15.6. The van der Waals surface area contributed by atoms with Crippen molar-refractivity contribution in [2.45, 2.75) is 4.84 Å². The Morgan fingerprint density at radius 3 is 2.62 bits per heavy atom. The van der Waals surface area contributed by atoms with Crippen LogP contribution in [0.1, 0.15) is 0 Å². The van der Waals surface area contributed by atoms with Gasteiger partial charge in [-0.3, -0.25) is 4.79 Å². The fraction of sp³-hybridized carbons (Fsp3) is 0.133. The molecule has 2 rings (SSSR count). The van der Waals surface area contributed by atoms with Crippen LogP contribution in [0.15, 0.2) is 42.5 Å². The second-order valence-corrected chi connectivity index (χ2v) is 5.35. The second-order valence-electron chi connectivity index (χ2n) is 4.25. The van der Waals surface area contributed by atoms with E-state index in [0.717, 1.165) is 5.56 Å². The summed E-state index contributed by atoms with van der Waals surface area (Å²) in [5.41, 5.74) is 1.88. The van der Waals surface area contributed by atoms with Gasteiger partial charge in [0.25, 0.3) is 5.91 Å². The smallest absolute Gasteiger partial charge is 0.257 e. The molecule has 0 spiro atoms. The monoisotopic (exact) mass is 327 g/mol. The van der Waals surface area contributed by atoms with E-state index in [1.54, 1.807) is 30.3 Å². The van der Waals surface area contributed by atoms with Crippen LogP contribution in [0, 0.1) is 5.82 Å². The predicted molar refractivity (Wildman–Crippen MR) is 82.5 cm³/mol. The molecule has 0 saturated carbocycles. The van der Waals surface area contributed by atoms with Gasteiger partial charge in [-0.25, -0.2) is 4.39 Å². The van der Waals surface area contributed by atoms with Gasteiger partial charge in [-0.1, -0.05) is 35.3 Å². The molecule has 0 radical (unpaired) electrons. The number of methoxy groups -OCH3 is 1. The number of nitrogens with one attached hydrogen (secondary N) is 1. The molecule has 1 amide bonds. The van der Waals surface area contributed by atoms with Crippen LogP contribution in [0.3, 0.4) is 0 Å². The summed E-state index contributed by atoms with van der Waals surface area (Å²) in [7, 11) is 1.47. The SMILES string of the molecule is COc1cc(F)cc(-c2cccc(NC(=O)C(Cl)Cl)c2)c1. The maximum absolute atomic E-state index is 13.5. The minimum atomic E-state index is -1.15. The molecule has 6 heteroatoms. The molecular formula is C15H12Cl2FNO2. The summed E-state index contributed by atoms with van der Waals surface area (Å²) in [6.45, 7) is 0. The Balaban J connectivity index is 2.33. The lowest BCUT2D eigenvalue weighted by molar-refractivity contribution is -0.114. The van der Waals surface area contributed by atoms with Crippen LogP contribution in [-0.2, 0) is 4.79 Å².